The molecule has 0 atom stereocenters. The van der Waals surface area contributed by atoms with Crippen LogP contribution < -0.4 is 10.6 Å². The standard InChI is InChI=1S/C15H19N3O2/c16-9-12-2-1-3-13(8-12)18-15(20)17-10-11-4-6-14(19)7-5-11/h1-3,8,11,14,19H,4-7,10H2,(H2,17,18,20). The minimum Gasteiger partial charge on any atom is -0.393 e. The van der Waals surface area contributed by atoms with Crippen molar-refractivity contribution in [3.63, 3.8) is 0 Å². The summed E-state index contributed by atoms with van der Waals surface area (Å²) in [4.78, 5) is 11.8. The average Bonchev–Trinajstić information content (AvgIpc) is 2.47. The Morgan fingerprint density at radius 1 is 1.35 bits per heavy atom. The third kappa shape index (κ3) is 4.25. The Hall–Kier alpha value is -2.06. The molecule has 1 aliphatic rings. The Bertz CT molecular complexity index is 502. The topological polar surface area (TPSA) is 85.2 Å². The number of carbonyl (C=O) groups excluding carboxylic acids is 1. The summed E-state index contributed by atoms with van der Waals surface area (Å²) in [6, 6.07) is 8.58. The van der Waals surface area contributed by atoms with Crippen LogP contribution in [0, 0.1) is 17.2 Å². The molecule has 5 heteroatoms. The van der Waals surface area contributed by atoms with Crippen LogP contribution in [0.25, 0.3) is 0 Å². The van der Waals surface area contributed by atoms with Gasteiger partial charge < -0.3 is 15.7 Å². The van der Waals surface area contributed by atoms with Crippen molar-refractivity contribution in [2.45, 2.75) is 31.8 Å². The third-order valence-electron chi connectivity index (χ3n) is 3.62. The van der Waals surface area contributed by atoms with Crippen molar-refractivity contribution >= 4 is 11.7 Å². The van der Waals surface area contributed by atoms with E-state index in [1.807, 2.05) is 6.07 Å². The predicted octanol–water partition coefficient (Wildman–Crippen LogP) is 2.23. The smallest absolute Gasteiger partial charge is 0.319 e. The normalized spacial score (nSPS) is 21.8. The summed E-state index contributed by atoms with van der Waals surface area (Å²) in [6.45, 7) is 0.622. The molecule has 0 unspecified atom stereocenters. The zero-order valence-corrected chi connectivity index (χ0v) is 11.3. The van der Waals surface area contributed by atoms with E-state index < -0.39 is 0 Å². The second-order valence-corrected chi connectivity index (χ2v) is 5.20. The van der Waals surface area contributed by atoms with Crippen LogP contribution in [0.5, 0.6) is 0 Å². The third-order valence-corrected chi connectivity index (χ3v) is 3.62. The lowest BCUT2D eigenvalue weighted by atomic mass is 9.87. The summed E-state index contributed by atoms with van der Waals surface area (Å²) in [5, 5.41) is 23.8. The summed E-state index contributed by atoms with van der Waals surface area (Å²) < 4.78 is 0. The first-order valence-corrected chi connectivity index (χ1v) is 6.90. The molecule has 0 spiro atoms. The molecular weight excluding hydrogens is 254 g/mol. The first-order chi connectivity index (χ1) is 9.67. The highest BCUT2D eigenvalue weighted by molar-refractivity contribution is 5.89. The van der Waals surface area contributed by atoms with Gasteiger partial charge >= 0.3 is 6.03 Å². The summed E-state index contributed by atoms with van der Waals surface area (Å²) >= 11 is 0. The highest BCUT2D eigenvalue weighted by atomic mass is 16.3. The first kappa shape index (κ1) is 14.4. The quantitative estimate of drug-likeness (QED) is 0.789. The Kier molecular flexibility index (Phi) is 4.97. The molecule has 0 heterocycles. The van der Waals surface area contributed by atoms with Crippen LogP contribution in [0.2, 0.25) is 0 Å². The van der Waals surface area contributed by atoms with Crippen LogP contribution in [0.4, 0.5) is 10.5 Å². The molecule has 0 bridgehead atoms. The lowest BCUT2D eigenvalue weighted by Crippen LogP contribution is -2.34. The Labute approximate surface area is 118 Å². The van der Waals surface area contributed by atoms with Gasteiger partial charge in [-0.25, -0.2) is 4.79 Å². The highest BCUT2D eigenvalue weighted by Crippen LogP contribution is 2.23. The van der Waals surface area contributed by atoms with E-state index in [0.29, 0.717) is 23.7 Å². The van der Waals surface area contributed by atoms with Crippen molar-refractivity contribution in [2.75, 3.05) is 11.9 Å². The fraction of sp³-hybridized carbons (Fsp3) is 0.467. The molecule has 0 aliphatic heterocycles. The summed E-state index contributed by atoms with van der Waals surface area (Å²) in [5.41, 5.74) is 1.13. The van der Waals surface area contributed by atoms with Crippen molar-refractivity contribution in [1.29, 1.82) is 5.26 Å². The fourth-order valence-electron chi connectivity index (χ4n) is 2.43. The number of urea groups is 1. The van der Waals surface area contributed by atoms with Crippen LogP contribution in [0.1, 0.15) is 31.2 Å². The molecular formula is C15H19N3O2. The molecule has 1 aromatic carbocycles. The second-order valence-electron chi connectivity index (χ2n) is 5.20. The van der Waals surface area contributed by atoms with Gasteiger partial charge in [0.1, 0.15) is 0 Å². The minimum absolute atomic E-state index is 0.172. The molecule has 1 aromatic rings. The molecule has 3 N–H and O–H groups in total. The molecule has 1 aliphatic carbocycles. The van der Waals surface area contributed by atoms with Crippen LogP contribution in [0.3, 0.4) is 0 Å². The second kappa shape index (κ2) is 6.92. The van der Waals surface area contributed by atoms with Gasteiger partial charge in [0.05, 0.1) is 17.7 Å². The zero-order valence-electron chi connectivity index (χ0n) is 11.3. The molecule has 1 fully saturated rings. The summed E-state index contributed by atoms with van der Waals surface area (Å²) in [6.07, 6.45) is 3.36. The van der Waals surface area contributed by atoms with E-state index >= 15 is 0 Å². The SMILES string of the molecule is N#Cc1cccc(NC(=O)NCC2CCC(O)CC2)c1. The van der Waals surface area contributed by atoms with E-state index in [1.165, 1.54) is 0 Å². The number of carbonyl (C=O) groups is 1. The van der Waals surface area contributed by atoms with E-state index in [9.17, 15) is 9.90 Å². The summed E-state index contributed by atoms with van der Waals surface area (Å²) in [5.74, 6) is 0.439. The van der Waals surface area contributed by atoms with Gasteiger partial charge in [-0.3, -0.25) is 0 Å². The van der Waals surface area contributed by atoms with E-state index in [0.717, 1.165) is 25.7 Å². The minimum atomic E-state index is -0.258. The molecule has 2 rings (SSSR count). The van der Waals surface area contributed by atoms with Crippen LogP contribution in [-0.2, 0) is 0 Å². The number of nitriles is 1. The van der Waals surface area contributed by atoms with Crippen molar-refractivity contribution in [1.82, 2.24) is 5.32 Å². The Morgan fingerprint density at radius 3 is 2.80 bits per heavy atom. The molecule has 106 valence electrons. The first-order valence-electron chi connectivity index (χ1n) is 6.90. The maximum Gasteiger partial charge on any atom is 0.319 e. The number of aliphatic hydroxyl groups is 1. The number of anilines is 1. The Morgan fingerprint density at radius 2 is 2.10 bits per heavy atom. The van der Waals surface area contributed by atoms with Gasteiger partial charge in [0.25, 0.3) is 0 Å². The lowest BCUT2D eigenvalue weighted by Gasteiger charge is -2.25. The maximum absolute atomic E-state index is 11.8. The number of aliphatic hydroxyl groups excluding tert-OH is 1. The highest BCUT2D eigenvalue weighted by Gasteiger charge is 2.19. The van der Waals surface area contributed by atoms with Gasteiger partial charge in [-0.15, -0.1) is 0 Å². The maximum atomic E-state index is 11.8. The van der Waals surface area contributed by atoms with E-state index in [-0.39, 0.29) is 12.1 Å². The molecule has 5 nitrogen and oxygen atoms in total. The van der Waals surface area contributed by atoms with E-state index in [2.05, 4.69) is 10.6 Å². The van der Waals surface area contributed by atoms with Crippen molar-refractivity contribution in [3.8, 4) is 6.07 Å². The summed E-state index contributed by atoms with van der Waals surface area (Å²) in [7, 11) is 0. The van der Waals surface area contributed by atoms with Gasteiger partial charge in [-0.05, 0) is 49.8 Å². The molecule has 1 saturated carbocycles. The monoisotopic (exact) mass is 273 g/mol. The van der Waals surface area contributed by atoms with E-state index in [1.54, 1.807) is 24.3 Å². The van der Waals surface area contributed by atoms with Gasteiger partial charge in [-0.2, -0.15) is 5.26 Å². The predicted molar refractivity (Wildman–Crippen MR) is 76.1 cm³/mol. The number of benzene rings is 1. The molecule has 0 radical (unpaired) electrons. The van der Waals surface area contributed by atoms with Gasteiger partial charge in [0.15, 0.2) is 0 Å². The van der Waals surface area contributed by atoms with Crippen molar-refractivity contribution in [3.05, 3.63) is 29.8 Å². The average molecular weight is 273 g/mol. The van der Waals surface area contributed by atoms with Crippen LogP contribution in [0.15, 0.2) is 24.3 Å². The molecule has 0 aromatic heterocycles. The number of nitrogens with zero attached hydrogens (tertiary/aromatic N) is 1. The van der Waals surface area contributed by atoms with Gasteiger partial charge in [-0.1, -0.05) is 6.07 Å². The van der Waals surface area contributed by atoms with Gasteiger partial charge in [0, 0.05) is 12.2 Å². The number of hydrogen-bond donors (Lipinski definition) is 3. The lowest BCUT2D eigenvalue weighted by molar-refractivity contribution is 0.109. The van der Waals surface area contributed by atoms with Crippen LogP contribution in [-0.4, -0.2) is 23.8 Å². The molecule has 0 saturated heterocycles. The number of hydrogen-bond acceptors (Lipinski definition) is 3. The fourth-order valence-corrected chi connectivity index (χ4v) is 2.43. The molecule has 2 amide bonds. The molecule has 20 heavy (non-hydrogen) atoms. The van der Waals surface area contributed by atoms with Crippen LogP contribution >= 0.6 is 0 Å². The largest absolute Gasteiger partial charge is 0.393 e. The number of amides is 2. The van der Waals surface area contributed by atoms with Crippen molar-refractivity contribution < 1.29 is 9.90 Å². The number of rotatable bonds is 3. The van der Waals surface area contributed by atoms with Gasteiger partial charge in [0.2, 0.25) is 0 Å². The Balaban J connectivity index is 1.76. The number of nitrogens with one attached hydrogen (secondary N) is 2. The zero-order chi connectivity index (χ0) is 14.4. The van der Waals surface area contributed by atoms with Crippen molar-refractivity contribution in [2.24, 2.45) is 5.92 Å². The van der Waals surface area contributed by atoms with E-state index in [4.69, 9.17) is 5.26 Å².